The Kier molecular flexibility index (Phi) is 5.22. The predicted molar refractivity (Wildman–Crippen MR) is 64.2 cm³/mol. The first-order chi connectivity index (χ1) is 7.54. The molecule has 0 aromatic rings. The molecule has 1 fully saturated rings. The van der Waals surface area contributed by atoms with Gasteiger partial charge in [0.25, 0.3) is 0 Å². The molecule has 1 rings (SSSR count). The maximum atomic E-state index is 11.8. The number of amides is 1. The number of carbonyl (C=O) groups is 1. The molecule has 94 valence electrons. The van der Waals surface area contributed by atoms with Gasteiger partial charge in [0.15, 0.2) is 0 Å². The molecule has 1 aliphatic rings. The molecular formula is C12H24N2O2. The van der Waals surface area contributed by atoms with Crippen LogP contribution < -0.4 is 0 Å². The van der Waals surface area contributed by atoms with Crippen molar-refractivity contribution in [2.24, 2.45) is 0 Å². The van der Waals surface area contributed by atoms with Crippen LogP contribution in [0.5, 0.6) is 0 Å². The Bertz CT molecular complexity index is 231. The van der Waals surface area contributed by atoms with Crippen molar-refractivity contribution in [2.45, 2.75) is 45.8 Å². The van der Waals surface area contributed by atoms with E-state index in [0.29, 0.717) is 18.9 Å². The van der Waals surface area contributed by atoms with Crippen molar-refractivity contribution in [2.75, 3.05) is 26.2 Å². The number of hydrogen-bond acceptors (Lipinski definition) is 3. The van der Waals surface area contributed by atoms with E-state index in [1.54, 1.807) is 6.92 Å². The molecule has 0 bridgehead atoms. The van der Waals surface area contributed by atoms with Crippen LogP contribution in [0.4, 0.5) is 0 Å². The van der Waals surface area contributed by atoms with E-state index in [1.165, 1.54) is 0 Å². The summed E-state index contributed by atoms with van der Waals surface area (Å²) >= 11 is 0. The lowest BCUT2D eigenvalue weighted by Crippen LogP contribution is -2.53. The third kappa shape index (κ3) is 3.76. The molecule has 0 spiro atoms. The Hall–Kier alpha value is -0.610. The van der Waals surface area contributed by atoms with E-state index in [1.807, 2.05) is 4.90 Å². The van der Waals surface area contributed by atoms with E-state index in [2.05, 4.69) is 18.7 Å². The summed E-state index contributed by atoms with van der Waals surface area (Å²) in [7, 11) is 0. The number of aliphatic hydroxyl groups excluding tert-OH is 1. The molecule has 1 heterocycles. The molecule has 0 radical (unpaired) electrons. The van der Waals surface area contributed by atoms with Gasteiger partial charge in [-0.15, -0.1) is 0 Å². The van der Waals surface area contributed by atoms with Crippen LogP contribution >= 0.6 is 0 Å². The van der Waals surface area contributed by atoms with E-state index in [4.69, 9.17) is 5.11 Å². The topological polar surface area (TPSA) is 43.8 Å². The number of aliphatic hydroxyl groups is 1. The van der Waals surface area contributed by atoms with Crippen LogP contribution in [-0.4, -0.2) is 59.1 Å². The first-order valence-electron chi connectivity index (χ1n) is 6.24. The number of rotatable bonds is 4. The Morgan fingerprint density at radius 1 is 1.50 bits per heavy atom. The summed E-state index contributed by atoms with van der Waals surface area (Å²) in [4.78, 5) is 16.2. The van der Waals surface area contributed by atoms with Gasteiger partial charge in [-0.3, -0.25) is 9.69 Å². The molecule has 4 nitrogen and oxygen atoms in total. The van der Waals surface area contributed by atoms with Crippen LogP contribution in [-0.2, 0) is 4.79 Å². The van der Waals surface area contributed by atoms with E-state index < -0.39 is 0 Å². The quantitative estimate of drug-likeness (QED) is 0.770. The molecule has 0 aromatic carbocycles. The number of likely N-dealkylation sites (N-methyl/N-ethyl adjacent to an activating group) is 1. The Balaban J connectivity index is 2.36. The maximum Gasteiger partial charge on any atom is 0.222 e. The van der Waals surface area contributed by atoms with Crippen LogP contribution in [0.25, 0.3) is 0 Å². The average Bonchev–Trinajstić information content (AvgIpc) is 2.25. The second-order valence-electron chi connectivity index (χ2n) is 4.71. The summed E-state index contributed by atoms with van der Waals surface area (Å²) in [5, 5.41) is 9.15. The highest BCUT2D eigenvalue weighted by atomic mass is 16.3. The third-order valence-corrected chi connectivity index (χ3v) is 3.30. The van der Waals surface area contributed by atoms with Gasteiger partial charge >= 0.3 is 0 Å². The normalized spacial score (nSPS) is 24.5. The minimum absolute atomic E-state index is 0.184. The highest BCUT2D eigenvalue weighted by molar-refractivity contribution is 5.76. The fourth-order valence-corrected chi connectivity index (χ4v) is 2.18. The highest BCUT2D eigenvalue weighted by Gasteiger charge is 2.25. The maximum absolute atomic E-state index is 11.8. The van der Waals surface area contributed by atoms with Crippen molar-refractivity contribution in [1.29, 1.82) is 0 Å². The van der Waals surface area contributed by atoms with Crippen LogP contribution in [0.3, 0.4) is 0 Å². The zero-order valence-electron chi connectivity index (χ0n) is 10.6. The molecule has 2 unspecified atom stereocenters. The summed E-state index contributed by atoms with van der Waals surface area (Å²) < 4.78 is 0. The lowest BCUT2D eigenvalue weighted by molar-refractivity contribution is -0.134. The van der Waals surface area contributed by atoms with E-state index >= 15 is 0 Å². The number of hydrogen-bond donors (Lipinski definition) is 1. The van der Waals surface area contributed by atoms with Gasteiger partial charge in [0.05, 0.1) is 6.10 Å². The molecule has 1 amide bonds. The van der Waals surface area contributed by atoms with Crippen LogP contribution in [0.2, 0.25) is 0 Å². The molecule has 0 aliphatic carbocycles. The second-order valence-corrected chi connectivity index (χ2v) is 4.71. The lowest BCUT2D eigenvalue weighted by Gasteiger charge is -2.39. The van der Waals surface area contributed by atoms with Crippen molar-refractivity contribution < 1.29 is 9.90 Å². The first kappa shape index (κ1) is 13.5. The van der Waals surface area contributed by atoms with Gasteiger partial charge in [-0.25, -0.2) is 0 Å². The smallest absolute Gasteiger partial charge is 0.222 e. The fraction of sp³-hybridized carbons (Fsp3) is 0.917. The summed E-state index contributed by atoms with van der Waals surface area (Å²) in [6, 6.07) is 0.453. The third-order valence-electron chi connectivity index (χ3n) is 3.30. The molecule has 1 aliphatic heterocycles. The van der Waals surface area contributed by atoms with Crippen LogP contribution in [0.1, 0.15) is 33.6 Å². The first-order valence-corrected chi connectivity index (χ1v) is 6.24. The number of carbonyl (C=O) groups excluding carboxylic acids is 1. The second kappa shape index (κ2) is 6.21. The van der Waals surface area contributed by atoms with Crippen molar-refractivity contribution in [1.82, 2.24) is 9.80 Å². The van der Waals surface area contributed by atoms with E-state index in [9.17, 15) is 4.79 Å². The van der Waals surface area contributed by atoms with E-state index in [-0.39, 0.29) is 12.0 Å². The van der Waals surface area contributed by atoms with Crippen molar-refractivity contribution >= 4 is 5.91 Å². The van der Waals surface area contributed by atoms with Crippen LogP contribution in [0.15, 0.2) is 0 Å². The van der Waals surface area contributed by atoms with Gasteiger partial charge in [0, 0.05) is 32.1 Å². The molecular weight excluding hydrogens is 204 g/mol. The Morgan fingerprint density at radius 2 is 2.19 bits per heavy atom. The molecule has 1 N–H and O–H groups in total. The SMILES string of the molecule is CCN1CCN(C(=O)CCC(C)O)CC1C. The van der Waals surface area contributed by atoms with E-state index in [0.717, 1.165) is 26.2 Å². The monoisotopic (exact) mass is 228 g/mol. The standard InChI is InChI=1S/C12H24N2O2/c1-4-13-7-8-14(9-10(13)2)12(16)6-5-11(3)15/h10-11,15H,4-9H2,1-3H3. The summed E-state index contributed by atoms with van der Waals surface area (Å²) in [6.07, 6.45) is 0.663. The summed E-state index contributed by atoms with van der Waals surface area (Å²) in [5.74, 6) is 0.184. The lowest BCUT2D eigenvalue weighted by atomic mass is 10.1. The van der Waals surface area contributed by atoms with Gasteiger partial charge in [-0.1, -0.05) is 6.92 Å². The Morgan fingerprint density at radius 3 is 2.69 bits per heavy atom. The predicted octanol–water partition coefficient (Wildman–Crippen LogP) is 0.700. The van der Waals surface area contributed by atoms with Gasteiger partial charge in [0.2, 0.25) is 5.91 Å². The molecule has 16 heavy (non-hydrogen) atoms. The largest absolute Gasteiger partial charge is 0.393 e. The van der Waals surface area contributed by atoms with Gasteiger partial charge < -0.3 is 10.0 Å². The zero-order valence-corrected chi connectivity index (χ0v) is 10.6. The number of nitrogens with zero attached hydrogens (tertiary/aromatic N) is 2. The molecule has 4 heteroatoms. The van der Waals surface area contributed by atoms with Crippen molar-refractivity contribution in [3.8, 4) is 0 Å². The molecule has 2 atom stereocenters. The van der Waals surface area contributed by atoms with Crippen LogP contribution in [0, 0.1) is 0 Å². The summed E-state index contributed by atoms with van der Waals surface area (Å²) in [6.45, 7) is 9.72. The van der Waals surface area contributed by atoms with Crippen molar-refractivity contribution in [3.63, 3.8) is 0 Å². The van der Waals surface area contributed by atoms with Gasteiger partial charge in [-0.05, 0) is 26.8 Å². The van der Waals surface area contributed by atoms with Gasteiger partial charge in [0.1, 0.15) is 0 Å². The molecule has 1 saturated heterocycles. The van der Waals surface area contributed by atoms with Crippen molar-refractivity contribution in [3.05, 3.63) is 0 Å². The minimum atomic E-state index is -0.377. The average molecular weight is 228 g/mol. The molecule has 0 saturated carbocycles. The fourth-order valence-electron chi connectivity index (χ4n) is 2.18. The highest BCUT2D eigenvalue weighted by Crippen LogP contribution is 2.11. The summed E-state index contributed by atoms with van der Waals surface area (Å²) in [5.41, 5.74) is 0. The van der Waals surface area contributed by atoms with Gasteiger partial charge in [-0.2, -0.15) is 0 Å². The zero-order chi connectivity index (χ0) is 12.1. The Labute approximate surface area is 98.2 Å². The molecule has 0 aromatic heterocycles. The minimum Gasteiger partial charge on any atom is -0.393 e. The number of piperazine rings is 1.